The van der Waals surface area contributed by atoms with Crippen LogP contribution in [0, 0.1) is 5.92 Å². The Labute approximate surface area is 131 Å². The van der Waals surface area contributed by atoms with Crippen molar-refractivity contribution in [2.75, 3.05) is 12.3 Å². The van der Waals surface area contributed by atoms with Gasteiger partial charge in [-0.05, 0) is 36.2 Å². The zero-order chi connectivity index (χ0) is 15.9. The van der Waals surface area contributed by atoms with Crippen LogP contribution in [0.1, 0.15) is 29.8 Å². The second-order valence-electron chi connectivity index (χ2n) is 5.62. The maximum absolute atomic E-state index is 12.1. The highest BCUT2D eigenvalue weighted by Crippen LogP contribution is 2.18. The van der Waals surface area contributed by atoms with Crippen LogP contribution in [0.5, 0.6) is 5.75 Å². The van der Waals surface area contributed by atoms with Crippen LogP contribution in [-0.4, -0.2) is 12.5 Å². The predicted octanol–water partition coefficient (Wildman–Crippen LogP) is 3.23. The number of nitrogens with one attached hydrogen (secondary N) is 1. The normalized spacial score (nSPS) is 10.5. The third-order valence-electron chi connectivity index (χ3n) is 3.16. The van der Waals surface area contributed by atoms with Gasteiger partial charge in [0.15, 0.2) is 0 Å². The zero-order valence-electron chi connectivity index (χ0n) is 13.0. The Kier molecular flexibility index (Phi) is 5.42. The fourth-order valence-electron chi connectivity index (χ4n) is 1.96. The Bertz CT molecular complexity index is 621. The lowest BCUT2D eigenvalue weighted by atomic mass is 10.1. The average molecular weight is 298 g/mol. The smallest absolute Gasteiger partial charge is 0.251 e. The first kappa shape index (κ1) is 15.9. The first-order chi connectivity index (χ1) is 10.6. The molecule has 22 heavy (non-hydrogen) atoms. The van der Waals surface area contributed by atoms with Gasteiger partial charge in [0.25, 0.3) is 5.91 Å². The van der Waals surface area contributed by atoms with E-state index in [-0.39, 0.29) is 5.91 Å². The Morgan fingerprint density at radius 1 is 1.14 bits per heavy atom. The number of nitrogen functional groups attached to an aromatic ring is 1. The molecular formula is C18H22N2O2. The van der Waals surface area contributed by atoms with Crippen LogP contribution in [0.25, 0.3) is 0 Å². The van der Waals surface area contributed by atoms with Crippen molar-refractivity contribution in [3.05, 3.63) is 59.7 Å². The van der Waals surface area contributed by atoms with E-state index in [2.05, 4.69) is 19.2 Å². The molecule has 1 amide bonds. The van der Waals surface area contributed by atoms with Gasteiger partial charge in [0, 0.05) is 23.4 Å². The van der Waals surface area contributed by atoms with Crippen LogP contribution in [0.15, 0.2) is 48.5 Å². The first-order valence-electron chi connectivity index (χ1n) is 7.40. The molecule has 0 saturated carbocycles. The molecular weight excluding hydrogens is 276 g/mol. The number of rotatable bonds is 6. The molecule has 2 aromatic carbocycles. The number of nitrogens with two attached hydrogens (primary N) is 1. The van der Waals surface area contributed by atoms with Crippen molar-refractivity contribution in [1.29, 1.82) is 0 Å². The Balaban J connectivity index is 1.99. The highest BCUT2D eigenvalue weighted by atomic mass is 16.5. The highest BCUT2D eigenvalue weighted by molar-refractivity contribution is 5.94. The third kappa shape index (κ3) is 4.52. The SMILES string of the molecule is CC(C)COc1ccccc1CNC(=O)c1ccc(N)cc1. The summed E-state index contributed by atoms with van der Waals surface area (Å²) in [6.07, 6.45) is 0. The summed E-state index contributed by atoms with van der Waals surface area (Å²) in [4.78, 5) is 12.1. The molecule has 0 fully saturated rings. The van der Waals surface area contributed by atoms with Crippen LogP contribution >= 0.6 is 0 Å². The van der Waals surface area contributed by atoms with E-state index < -0.39 is 0 Å². The molecule has 0 unspecified atom stereocenters. The topological polar surface area (TPSA) is 64.3 Å². The van der Waals surface area contributed by atoms with Crippen LogP contribution in [0.4, 0.5) is 5.69 Å². The minimum atomic E-state index is -0.126. The summed E-state index contributed by atoms with van der Waals surface area (Å²) in [5.41, 5.74) is 7.82. The lowest BCUT2D eigenvalue weighted by molar-refractivity contribution is 0.0950. The van der Waals surface area contributed by atoms with E-state index in [1.54, 1.807) is 24.3 Å². The van der Waals surface area contributed by atoms with Crippen molar-refractivity contribution in [1.82, 2.24) is 5.32 Å². The molecule has 0 aliphatic heterocycles. The maximum Gasteiger partial charge on any atom is 0.251 e. The van der Waals surface area contributed by atoms with Crippen molar-refractivity contribution < 1.29 is 9.53 Å². The number of hydrogen-bond donors (Lipinski definition) is 2. The molecule has 0 heterocycles. The number of amides is 1. The predicted molar refractivity (Wildman–Crippen MR) is 88.8 cm³/mol. The summed E-state index contributed by atoms with van der Waals surface area (Å²) in [6, 6.07) is 14.6. The van der Waals surface area contributed by atoms with Crippen molar-refractivity contribution in [2.24, 2.45) is 5.92 Å². The number of carbonyl (C=O) groups excluding carboxylic acids is 1. The molecule has 4 heteroatoms. The number of ether oxygens (including phenoxy) is 1. The fourth-order valence-corrected chi connectivity index (χ4v) is 1.96. The van der Waals surface area contributed by atoms with Crippen molar-refractivity contribution >= 4 is 11.6 Å². The highest BCUT2D eigenvalue weighted by Gasteiger charge is 2.08. The maximum atomic E-state index is 12.1. The zero-order valence-corrected chi connectivity index (χ0v) is 13.0. The molecule has 0 aliphatic carbocycles. The van der Waals surface area contributed by atoms with Crippen LogP contribution < -0.4 is 15.8 Å². The quantitative estimate of drug-likeness (QED) is 0.805. The monoisotopic (exact) mass is 298 g/mol. The second-order valence-corrected chi connectivity index (χ2v) is 5.62. The van der Waals surface area contributed by atoms with Gasteiger partial charge < -0.3 is 15.8 Å². The van der Waals surface area contributed by atoms with E-state index >= 15 is 0 Å². The minimum Gasteiger partial charge on any atom is -0.493 e. The number of carbonyl (C=O) groups is 1. The summed E-state index contributed by atoms with van der Waals surface area (Å²) in [5, 5.41) is 2.90. The van der Waals surface area contributed by atoms with E-state index in [9.17, 15) is 4.79 Å². The molecule has 0 saturated heterocycles. The molecule has 116 valence electrons. The Morgan fingerprint density at radius 2 is 1.82 bits per heavy atom. The molecule has 0 atom stereocenters. The van der Waals surface area contributed by atoms with Crippen molar-refractivity contribution in [3.8, 4) is 5.75 Å². The molecule has 3 N–H and O–H groups in total. The summed E-state index contributed by atoms with van der Waals surface area (Å²) in [7, 11) is 0. The van der Waals surface area contributed by atoms with E-state index in [1.165, 1.54) is 0 Å². The molecule has 0 aliphatic rings. The summed E-state index contributed by atoms with van der Waals surface area (Å²) in [5.74, 6) is 1.14. The Morgan fingerprint density at radius 3 is 2.50 bits per heavy atom. The first-order valence-corrected chi connectivity index (χ1v) is 7.40. The summed E-state index contributed by atoms with van der Waals surface area (Å²) in [6.45, 7) is 5.29. The molecule has 0 radical (unpaired) electrons. The third-order valence-corrected chi connectivity index (χ3v) is 3.16. The van der Waals surface area contributed by atoms with E-state index in [4.69, 9.17) is 10.5 Å². The van der Waals surface area contributed by atoms with Gasteiger partial charge in [-0.25, -0.2) is 0 Å². The number of anilines is 1. The lowest BCUT2D eigenvalue weighted by Gasteiger charge is -2.13. The molecule has 0 bridgehead atoms. The standard InChI is InChI=1S/C18H22N2O2/c1-13(2)12-22-17-6-4-3-5-15(17)11-20-18(21)14-7-9-16(19)10-8-14/h3-10,13H,11-12,19H2,1-2H3,(H,20,21). The van der Waals surface area contributed by atoms with Crippen LogP contribution in [0.2, 0.25) is 0 Å². The van der Waals surface area contributed by atoms with Crippen molar-refractivity contribution in [3.63, 3.8) is 0 Å². The van der Waals surface area contributed by atoms with E-state index in [1.807, 2.05) is 24.3 Å². The van der Waals surface area contributed by atoms with Crippen LogP contribution in [-0.2, 0) is 6.54 Å². The Hall–Kier alpha value is -2.49. The van der Waals surface area contributed by atoms with Crippen molar-refractivity contribution in [2.45, 2.75) is 20.4 Å². The molecule has 4 nitrogen and oxygen atoms in total. The molecule has 0 aromatic heterocycles. The van der Waals surface area contributed by atoms with Gasteiger partial charge in [0.1, 0.15) is 5.75 Å². The molecule has 2 rings (SSSR count). The van der Waals surface area contributed by atoms with Gasteiger partial charge in [0.05, 0.1) is 6.61 Å². The molecule has 0 spiro atoms. The minimum absolute atomic E-state index is 0.126. The van der Waals surface area contributed by atoms with Crippen LogP contribution in [0.3, 0.4) is 0 Å². The van der Waals surface area contributed by atoms with E-state index in [0.717, 1.165) is 11.3 Å². The number of para-hydroxylation sites is 1. The average Bonchev–Trinajstić information content (AvgIpc) is 2.52. The number of benzene rings is 2. The summed E-state index contributed by atoms with van der Waals surface area (Å²) < 4.78 is 5.78. The summed E-state index contributed by atoms with van der Waals surface area (Å²) >= 11 is 0. The second kappa shape index (κ2) is 7.50. The van der Waals surface area contributed by atoms with Gasteiger partial charge in [0.2, 0.25) is 0 Å². The van der Waals surface area contributed by atoms with Gasteiger partial charge in [-0.3, -0.25) is 4.79 Å². The fraction of sp³-hybridized carbons (Fsp3) is 0.278. The van der Waals surface area contributed by atoms with E-state index in [0.29, 0.717) is 30.3 Å². The van der Waals surface area contributed by atoms with Gasteiger partial charge in [-0.15, -0.1) is 0 Å². The van der Waals surface area contributed by atoms with Gasteiger partial charge in [-0.1, -0.05) is 32.0 Å². The largest absolute Gasteiger partial charge is 0.493 e. The van der Waals surface area contributed by atoms with Gasteiger partial charge >= 0.3 is 0 Å². The molecule has 2 aromatic rings. The number of hydrogen-bond acceptors (Lipinski definition) is 3. The van der Waals surface area contributed by atoms with Gasteiger partial charge in [-0.2, -0.15) is 0 Å². The lowest BCUT2D eigenvalue weighted by Crippen LogP contribution is -2.23.